The van der Waals surface area contributed by atoms with Crippen molar-refractivity contribution >= 4 is 29.3 Å². The Balaban J connectivity index is 1.13. The van der Waals surface area contributed by atoms with Gasteiger partial charge in [-0.05, 0) is 36.1 Å². The number of nitrogens with zero attached hydrogens (tertiary/aromatic N) is 2. The Bertz CT molecular complexity index is 2010. The first-order valence-electron chi connectivity index (χ1n) is 17.6. The van der Waals surface area contributed by atoms with Crippen LogP contribution in [0.1, 0.15) is 48.8 Å². The molecule has 3 heterocycles. The van der Waals surface area contributed by atoms with Crippen LogP contribution >= 0.6 is 11.8 Å². The molecule has 54 heavy (non-hydrogen) atoms. The molecule has 0 bridgehead atoms. The Morgan fingerprint density at radius 3 is 2.30 bits per heavy atom. The molecule has 2 N–H and O–H groups in total. The molecule has 5 atom stereocenters. The second-order valence-corrected chi connectivity index (χ2v) is 14.3. The number of ether oxygens (including phenoxy) is 2. The number of aliphatic hydroxyl groups excluding tert-OH is 1. The zero-order valence-corrected chi connectivity index (χ0v) is 30.1. The third-order valence-electron chi connectivity index (χ3n) is 9.67. The van der Waals surface area contributed by atoms with Gasteiger partial charge in [0, 0.05) is 40.6 Å². The largest absolute Gasteiger partial charge is 0.471 e. The van der Waals surface area contributed by atoms with Gasteiger partial charge in [0.25, 0.3) is 5.22 Å². The van der Waals surface area contributed by atoms with Gasteiger partial charge < -0.3 is 29.2 Å². The molecule has 2 fully saturated rings. The van der Waals surface area contributed by atoms with E-state index in [1.54, 1.807) is 24.3 Å². The number of alkyl halides is 3. The van der Waals surface area contributed by atoms with Gasteiger partial charge >= 0.3 is 12.1 Å². The van der Waals surface area contributed by atoms with E-state index in [0.29, 0.717) is 32.9 Å². The molecule has 4 aromatic carbocycles. The highest BCUT2D eigenvalue weighted by Crippen LogP contribution is 2.44. The van der Waals surface area contributed by atoms with Crippen LogP contribution in [-0.4, -0.2) is 57.4 Å². The highest BCUT2D eigenvalue weighted by Gasteiger charge is 2.48. The smallest absolute Gasteiger partial charge is 0.431 e. The summed E-state index contributed by atoms with van der Waals surface area (Å²) in [4.78, 5) is 30.7. The molecule has 2 aliphatic rings. The SMILES string of the molecule is CC1C(CSc2nc(-c3ccccc3)c(-c3ccccc3)o2)OC(c2cccc(NC(=O)C3CCCN3C(=O)C(F)(F)F)c2)OC1c1ccc(CO)cc1. The van der Waals surface area contributed by atoms with Gasteiger partial charge in [0.1, 0.15) is 11.7 Å². The number of aromatic nitrogens is 1. The molecule has 2 aliphatic heterocycles. The maximum absolute atomic E-state index is 13.2. The lowest BCUT2D eigenvalue weighted by molar-refractivity contribution is -0.268. The van der Waals surface area contributed by atoms with Crippen molar-refractivity contribution in [3.63, 3.8) is 0 Å². The predicted molar refractivity (Wildman–Crippen MR) is 197 cm³/mol. The number of amides is 2. The van der Waals surface area contributed by atoms with Crippen LogP contribution in [0.5, 0.6) is 0 Å². The number of carbonyl (C=O) groups excluding carboxylic acids is 2. The average molecular weight is 758 g/mol. The topological polar surface area (TPSA) is 114 Å². The number of aliphatic hydroxyl groups is 1. The number of nitrogens with one attached hydrogen (secondary N) is 1. The number of benzene rings is 4. The van der Waals surface area contributed by atoms with Crippen LogP contribution in [0.15, 0.2) is 119 Å². The van der Waals surface area contributed by atoms with Crippen molar-refractivity contribution in [1.82, 2.24) is 9.88 Å². The standard InChI is InChI=1S/C41H38F3N3O6S/c1-25-33(24-54-40-46-34(27-10-4-2-5-11-27)36(53-40)28-12-6-3-7-13-28)51-38(52-35(25)29-19-17-26(23-48)18-20-29)30-14-8-15-31(22-30)45-37(49)32-16-9-21-47(32)39(50)41(42,43)44/h2-8,10-15,17-20,22,25,32-33,35,38,48H,9,16,21,23-24H2,1H3,(H,45,49). The molecule has 0 spiro atoms. The van der Waals surface area contributed by atoms with Crippen molar-refractivity contribution in [2.45, 2.75) is 62.3 Å². The molecule has 280 valence electrons. The monoisotopic (exact) mass is 757 g/mol. The van der Waals surface area contributed by atoms with E-state index in [0.717, 1.165) is 27.9 Å². The van der Waals surface area contributed by atoms with Crippen molar-refractivity contribution in [1.29, 1.82) is 0 Å². The van der Waals surface area contributed by atoms with E-state index in [2.05, 4.69) is 5.32 Å². The Kier molecular flexibility index (Phi) is 11.2. The number of hydrogen-bond donors (Lipinski definition) is 2. The molecule has 7 rings (SSSR count). The molecule has 0 radical (unpaired) electrons. The Morgan fingerprint density at radius 2 is 1.61 bits per heavy atom. The van der Waals surface area contributed by atoms with Crippen LogP contribution in [0.3, 0.4) is 0 Å². The summed E-state index contributed by atoms with van der Waals surface area (Å²) in [7, 11) is 0. The first-order valence-corrected chi connectivity index (χ1v) is 18.6. The molecule has 2 saturated heterocycles. The fourth-order valence-electron chi connectivity index (χ4n) is 6.84. The highest BCUT2D eigenvalue weighted by molar-refractivity contribution is 7.99. The minimum Gasteiger partial charge on any atom is -0.431 e. The van der Waals surface area contributed by atoms with Gasteiger partial charge in [-0.25, -0.2) is 4.98 Å². The minimum atomic E-state index is -5.07. The van der Waals surface area contributed by atoms with Crippen LogP contribution in [0, 0.1) is 5.92 Å². The van der Waals surface area contributed by atoms with Crippen LogP contribution in [-0.2, 0) is 25.7 Å². The molecule has 9 nitrogen and oxygen atoms in total. The first kappa shape index (κ1) is 37.4. The number of oxazole rings is 1. The van der Waals surface area contributed by atoms with Crippen molar-refractivity contribution in [2.75, 3.05) is 17.6 Å². The molecular weight excluding hydrogens is 720 g/mol. The van der Waals surface area contributed by atoms with E-state index in [1.165, 1.54) is 11.8 Å². The van der Waals surface area contributed by atoms with Gasteiger partial charge in [-0.3, -0.25) is 9.59 Å². The van der Waals surface area contributed by atoms with Crippen LogP contribution in [0.25, 0.3) is 22.6 Å². The number of hydrogen-bond acceptors (Lipinski definition) is 8. The lowest BCUT2D eigenvalue weighted by atomic mass is 9.91. The van der Waals surface area contributed by atoms with Gasteiger partial charge in [-0.1, -0.05) is 116 Å². The van der Waals surface area contributed by atoms with E-state index in [9.17, 15) is 27.9 Å². The maximum Gasteiger partial charge on any atom is 0.471 e. The molecule has 5 unspecified atom stereocenters. The number of rotatable bonds is 10. The predicted octanol–water partition coefficient (Wildman–Crippen LogP) is 8.58. The minimum absolute atomic E-state index is 0.0973. The summed E-state index contributed by atoms with van der Waals surface area (Å²) in [6.45, 7) is 1.80. The lowest BCUT2D eigenvalue weighted by Crippen LogP contribution is -2.48. The molecule has 0 saturated carbocycles. The summed E-state index contributed by atoms with van der Waals surface area (Å²) in [5.74, 6) is -1.75. The second-order valence-electron chi connectivity index (χ2n) is 13.3. The third kappa shape index (κ3) is 8.24. The maximum atomic E-state index is 13.2. The molecule has 2 amide bonds. The van der Waals surface area contributed by atoms with E-state index < -0.39 is 36.4 Å². The zero-order chi connectivity index (χ0) is 37.8. The lowest BCUT2D eigenvalue weighted by Gasteiger charge is -2.41. The zero-order valence-electron chi connectivity index (χ0n) is 29.2. The highest BCUT2D eigenvalue weighted by atomic mass is 32.2. The first-order chi connectivity index (χ1) is 26.1. The summed E-state index contributed by atoms with van der Waals surface area (Å²) < 4.78 is 59.2. The number of carbonyl (C=O) groups is 2. The van der Waals surface area contributed by atoms with Crippen molar-refractivity contribution in [3.8, 4) is 22.6 Å². The van der Waals surface area contributed by atoms with E-state index in [4.69, 9.17) is 18.9 Å². The van der Waals surface area contributed by atoms with E-state index in [-0.39, 0.29) is 38.0 Å². The Labute approximate surface area is 314 Å². The fraction of sp³-hybridized carbons (Fsp3) is 0.293. The van der Waals surface area contributed by atoms with Crippen LogP contribution < -0.4 is 5.32 Å². The molecule has 0 aliphatic carbocycles. The average Bonchev–Trinajstić information content (AvgIpc) is 3.86. The molecular formula is C41H38F3N3O6S. The fourth-order valence-corrected chi connectivity index (χ4v) is 7.82. The normalized spacial score (nSPS) is 21.6. The van der Waals surface area contributed by atoms with E-state index >= 15 is 0 Å². The van der Waals surface area contributed by atoms with Gasteiger partial charge in [0.15, 0.2) is 12.1 Å². The number of thioether (sulfide) groups is 1. The van der Waals surface area contributed by atoms with Gasteiger partial charge in [0.2, 0.25) is 5.91 Å². The summed E-state index contributed by atoms with van der Waals surface area (Å²) in [6.07, 6.45) is -6.34. The van der Waals surface area contributed by atoms with Gasteiger partial charge in [0.05, 0.1) is 18.8 Å². The Hall–Kier alpha value is -4.95. The Morgan fingerprint density at radius 1 is 0.907 bits per heavy atom. The van der Waals surface area contributed by atoms with Crippen molar-refractivity contribution in [3.05, 3.63) is 126 Å². The third-order valence-corrected chi connectivity index (χ3v) is 10.6. The molecule has 1 aromatic heterocycles. The summed E-state index contributed by atoms with van der Waals surface area (Å²) in [6, 6.07) is 32.7. The summed E-state index contributed by atoms with van der Waals surface area (Å²) in [5, 5.41) is 12.8. The van der Waals surface area contributed by atoms with Crippen LogP contribution in [0.2, 0.25) is 0 Å². The second kappa shape index (κ2) is 16.2. The molecule has 13 heteroatoms. The van der Waals surface area contributed by atoms with Gasteiger partial charge in [-0.2, -0.15) is 13.2 Å². The van der Waals surface area contributed by atoms with Crippen molar-refractivity contribution < 1.29 is 41.8 Å². The quantitative estimate of drug-likeness (QED) is 0.136. The number of likely N-dealkylation sites (tertiary alicyclic amines) is 1. The van der Waals surface area contributed by atoms with E-state index in [1.807, 2.05) is 91.9 Å². The number of halogens is 3. The number of anilines is 1. The molecule has 5 aromatic rings. The summed E-state index contributed by atoms with van der Waals surface area (Å²) in [5.41, 5.74) is 5.10. The van der Waals surface area contributed by atoms with Gasteiger partial charge in [-0.15, -0.1) is 0 Å². The van der Waals surface area contributed by atoms with Crippen molar-refractivity contribution in [2.24, 2.45) is 5.92 Å². The summed E-state index contributed by atoms with van der Waals surface area (Å²) >= 11 is 1.42. The van der Waals surface area contributed by atoms with Crippen LogP contribution in [0.4, 0.5) is 18.9 Å².